The van der Waals surface area contributed by atoms with Gasteiger partial charge in [0.05, 0.1) is 24.2 Å². The molecule has 164 valence electrons. The van der Waals surface area contributed by atoms with E-state index < -0.39 is 0 Å². The standard InChI is InChI=1S/C23H24Cl2N2O4/c24-18-6-4-16(5-7-18)23(29)27-8-1-3-17(14-27)22(28)26-13-15-11-19(25)21-20(12-15)30-9-2-10-31-21/h4-7,11-12,17H,1-3,8-10,13-14H2,(H,26,28). The second-order valence-electron chi connectivity index (χ2n) is 7.77. The van der Waals surface area contributed by atoms with Gasteiger partial charge in [0.1, 0.15) is 0 Å². The number of carbonyl (C=O) groups is 2. The zero-order valence-electron chi connectivity index (χ0n) is 17.0. The molecule has 0 saturated carbocycles. The van der Waals surface area contributed by atoms with Crippen molar-refractivity contribution < 1.29 is 19.1 Å². The predicted molar refractivity (Wildman–Crippen MR) is 119 cm³/mol. The van der Waals surface area contributed by atoms with Crippen LogP contribution < -0.4 is 14.8 Å². The number of fused-ring (bicyclic) bond motifs is 1. The highest BCUT2D eigenvalue weighted by molar-refractivity contribution is 6.32. The Bertz CT molecular complexity index is 965. The van der Waals surface area contributed by atoms with E-state index in [4.69, 9.17) is 32.7 Å². The molecule has 0 aliphatic carbocycles. The Balaban J connectivity index is 1.36. The molecule has 0 radical (unpaired) electrons. The molecule has 4 rings (SSSR count). The quantitative estimate of drug-likeness (QED) is 0.734. The summed E-state index contributed by atoms with van der Waals surface area (Å²) in [4.78, 5) is 27.3. The molecule has 2 aliphatic rings. The summed E-state index contributed by atoms with van der Waals surface area (Å²) in [5.74, 6) is 0.756. The maximum atomic E-state index is 12.8. The molecule has 1 fully saturated rings. The fraction of sp³-hybridized carbons (Fsp3) is 0.391. The molecule has 8 heteroatoms. The van der Waals surface area contributed by atoms with Crippen molar-refractivity contribution in [2.45, 2.75) is 25.8 Å². The van der Waals surface area contributed by atoms with Crippen molar-refractivity contribution in [3.63, 3.8) is 0 Å². The van der Waals surface area contributed by atoms with E-state index in [0.717, 1.165) is 24.8 Å². The normalized spacial score (nSPS) is 18.3. The molecule has 31 heavy (non-hydrogen) atoms. The first-order chi connectivity index (χ1) is 15.0. The Kier molecular flexibility index (Phi) is 6.88. The third-order valence-corrected chi connectivity index (χ3v) is 6.03. The molecular formula is C23H24Cl2N2O4. The van der Waals surface area contributed by atoms with E-state index in [1.54, 1.807) is 35.2 Å². The molecule has 6 nitrogen and oxygen atoms in total. The molecule has 2 aromatic carbocycles. The first-order valence-electron chi connectivity index (χ1n) is 10.4. The summed E-state index contributed by atoms with van der Waals surface area (Å²) in [7, 11) is 0. The first kappa shape index (κ1) is 21.8. The minimum atomic E-state index is -0.249. The number of piperidine rings is 1. The molecule has 0 aromatic heterocycles. The van der Waals surface area contributed by atoms with Crippen LogP contribution in [0, 0.1) is 5.92 Å². The number of hydrogen-bond acceptors (Lipinski definition) is 4. The van der Waals surface area contributed by atoms with Crippen molar-refractivity contribution in [1.82, 2.24) is 10.2 Å². The average molecular weight is 463 g/mol. The highest BCUT2D eigenvalue weighted by Gasteiger charge is 2.29. The van der Waals surface area contributed by atoms with Gasteiger partial charge in [-0.15, -0.1) is 0 Å². The van der Waals surface area contributed by atoms with E-state index in [9.17, 15) is 9.59 Å². The molecule has 1 unspecified atom stereocenters. The number of carbonyl (C=O) groups excluding carboxylic acids is 2. The van der Waals surface area contributed by atoms with Gasteiger partial charge < -0.3 is 19.7 Å². The molecule has 1 N–H and O–H groups in total. The largest absolute Gasteiger partial charge is 0.489 e. The number of nitrogens with one attached hydrogen (secondary N) is 1. The lowest BCUT2D eigenvalue weighted by molar-refractivity contribution is -0.126. The smallest absolute Gasteiger partial charge is 0.253 e. The number of benzene rings is 2. The summed E-state index contributed by atoms with van der Waals surface area (Å²) in [5, 5.41) is 4.03. The van der Waals surface area contributed by atoms with Gasteiger partial charge in [-0.3, -0.25) is 9.59 Å². The topological polar surface area (TPSA) is 67.9 Å². The number of ether oxygens (including phenoxy) is 2. The number of likely N-dealkylation sites (tertiary alicyclic amines) is 1. The monoisotopic (exact) mass is 462 g/mol. The minimum Gasteiger partial charge on any atom is -0.489 e. The Morgan fingerprint density at radius 1 is 1.06 bits per heavy atom. The summed E-state index contributed by atoms with van der Waals surface area (Å²) in [6.45, 7) is 2.50. The third kappa shape index (κ3) is 5.25. The SMILES string of the molecule is O=C(NCc1cc(Cl)c2c(c1)OCCCO2)C1CCCN(C(=O)c2ccc(Cl)cc2)C1. The predicted octanol–water partition coefficient (Wildman–Crippen LogP) is 4.32. The Labute approximate surface area is 191 Å². The van der Waals surface area contributed by atoms with Crippen LogP contribution in [0.2, 0.25) is 10.0 Å². The van der Waals surface area contributed by atoms with Crippen LogP contribution in [0.15, 0.2) is 36.4 Å². The minimum absolute atomic E-state index is 0.0724. The van der Waals surface area contributed by atoms with Gasteiger partial charge in [0.25, 0.3) is 5.91 Å². The van der Waals surface area contributed by atoms with E-state index in [-0.39, 0.29) is 17.7 Å². The molecule has 0 bridgehead atoms. The Morgan fingerprint density at radius 3 is 2.65 bits per heavy atom. The Hall–Kier alpha value is -2.44. The van der Waals surface area contributed by atoms with Crippen molar-refractivity contribution in [3.8, 4) is 11.5 Å². The lowest BCUT2D eigenvalue weighted by atomic mass is 9.96. The van der Waals surface area contributed by atoms with E-state index in [0.29, 0.717) is 60.0 Å². The second-order valence-corrected chi connectivity index (χ2v) is 8.61. The van der Waals surface area contributed by atoms with Crippen LogP contribution in [0.3, 0.4) is 0 Å². The van der Waals surface area contributed by atoms with E-state index >= 15 is 0 Å². The molecule has 2 heterocycles. The molecule has 2 aliphatic heterocycles. The maximum absolute atomic E-state index is 12.8. The van der Waals surface area contributed by atoms with Gasteiger partial charge in [-0.05, 0) is 54.8 Å². The summed E-state index contributed by atoms with van der Waals surface area (Å²) >= 11 is 12.2. The zero-order chi connectivity index (χ0) is 21.8. The molecule has 0 spiro atoms. The molecule has 1 atom stereocenters. The molecule has 1 saturated heterocycles. The van der Waals surface area contributed by atoms with Crippen molar-refractivity contribution in [1.29, 1.82) is 0 Å². The zero-order valence-corrected chi connectivity index (χ0v) is 18.5. The highest BCUT2D eigenvalue weighted by Crippen LogP contribution is 2.38. The highest BCUT2D eigenvalue weighted by atomic mass is 35.5. The van der Waals surface area contributed by atoms with E-state index in [1.165, 1.54) is 0 Å². The van der Waals surface area contributed by atoms with E-state index in [1.807, 2.05) is 6.07 Å². The fourth-order valence-electron chi connectivity index (χ4n) is 3.87. The summed E-state index contributed by atoms with van der Waals surface area (Å²) in [5.41, 5.74) is 1.42. The van der Waals surface area contributed by atoms with Crippen LogP contribution in [0.25, 0.3) is 0 Å². The van der Waals surface area contributed by atoms with Crippen LogP contribution in [-0.2, 0) is 11.3 Å². The fourth-order valence-corrected chi connectivity index (χ4v) is 4.28. The summed E-state index contributed by atoms with van der Waals surface area (Å²) < 4.78 is 11.4. The van der Waals surface area contributed by atoms with Gasteiger partial charge in [0.15, 0.2) is 11.5 Å². The number of rotatable bonds is 4. The van der Waals surface area contributed by atoms with Gasteiger partial charge in [-0.1, -0.05) is 23.2 Å². The van der Waals surface area contributed by atoms with Gasteiger partial charge >= 0.3 is 0 Å². The van der Waals surface area contributed by atoms with Crippen LogP contribution in [0.1, 0.15) is 35.2 Å². The van der Waals surface area contributed by atoms with Crippen LogP contribution in [0.4, 0.5) is 0 Å². The summed E-state index contributed by atoms with van der Waals surface area (Å²) in [6.07, 6.45) is 2.33. The van der Waals surface area contributed by atoms with Gasteiger partial charge in [0.2, 0.25) is 5.91 Å². The molecule has 2 amide bonds. The number of hydrogen-bond donors (Lipinski definition) is 1. The first-order valence-corrected chi connectivity index (χ1v) is 11.2. The van der Waals surface area contributed by atoms with Gasteiger partial charge in [-0.2, -0.15) is 0 Å². The van der Waals surface area contributed by atoms with Crippen LogP contribution in [0.5, 0.6) is 11.5 Å². The maximum Gasteiger partial charge on any atom is 0.253 e. The number of halogens is 2. The second kappa shape index (κ2) is 9.79. The third-order valence-electron chi connectivity index (χ3n) is 5.50. The van der Waals surface area contributed by atoms with Crippen LogP contribution >= 0.6 is 23.2 Å². The lowest BCUT2D eigenvalue weighted by Crippen LogP contribution is -2.45. The van der Waals surface area contributed by atoms with Crippen molar-refractivity contribution >= 4 is 35.0 Å². The van der Waals surface area contributed by atoms with Crippen molar-refractivity contribution in [2.75, 3.05) is 26.3 Å². The number of nitrogens with zero attached hydrogens (tertiary/aromatic N) is 1. The van der Waals surface area contributed by atoms with Crippen molar-refractivity contribution in [3.05, 3.63) is 57.6 Å². The molecular weight excluding hydrogens is 439 g/mol. The lowest BCUT2D eigenvalue weighted by Gasteiger charge is -2.32. The van der Waals surface area contributed by atoms with Crippen molar-refractivity contribution in [2.24, 2.45) is 5.92 Å². The average Bonchev–Trinajstić information content (AvgIpc) is 3.03. The Morgan fingerprint density at radius 2 is 1.84 bits per heavy atom. The van der Waals surface area contributed by atoms with Gasteiger partial charge in [-0.25, -0.2) is 0 Å². The molecule has 2 aromatic rings. The van der Waals surface area contributed by atoms with Gasteiger partial charge in [0, 0.05) is 36.6 Å². The van der Waals surface area contributed by atoms with E-state index in [2.05, 4.69) is 5.32 Å². The number of amides is 2. The summed E-state index contributed by atoms with van der Waals surface area (Å²) in [6, 6.07) is 10.5. The van der Waals surface area contributed by atoms with Crippen LogP contribution in [-0.4, -0.2) is 43.0 Å².